The van der Waals surface area contributed by atoms with Crippen LogP contribution in [0.1, 0.15) is 101 Å². The quantitative estimate of drug-likeness (QED) is 0.657. The fourth-order valence-electron chi connectivity index (χ4n) is 4.64. The number of unbranched alkanes of at least 4 members (excludes halogenated alkanes) is 1. The van der Waals surface area contributed by atoms with Gasteiger partial charge in [0.05, 0.1) is 0 Å². The molecule has 4 nitrogen and oxygen atoms in total. The molecule has 0 saturated heterocycles. The first-order valence-electron chi connectivity index (χ1n) is 10.4. The largest absolute Gasteiger partial charge is 0.423 e. The summed E-state index contributed by atoms with van der Waals surface area (Å²) in [5.74, 6) is 2.80. The first kappa shape index (κ1) is 18.3. The maximum Gasteiger partial charge on any atom is 0.234 e. The SMILES string of the molecule is CCCCC1CCC(c2nc(C#N)c(N(C)C3CCCCC3)o2)CC1. The van der Waals surface area contributed by atoms with E-state index in [1.165, 1.54) is 64.2 Å². The van der Waals surface area contributed by atoms with Crippen LogP contribution in [0.2, 0.25) is 0 Å². The van der Waals surface area contributed by atoms with Gasteiger partial charge in [-0.05, 0) is 44.4 Å². The van der Waals surface area contributed by atoms with Crippen LogP contribution in [0, 0.1) is 17.2 Å². The minimum absolute atomic E-state index is 0.401. The molecule has 4 heteroatoms. The number of nitrogens with zero attached hydrogens (tertiary/aromatic N) is 3. The molecule has 138 valence electrons. The van der Waals surface area contributed by atoms with E-state index in [9.17, 15) is 5.26 Å². The van der Waals surface area contributed by atoms with E-state index in [2.05, 4.69) is 29.9 Å². The van der Waals surface area contributed by atoms with Crippen LogP contribution in [-0.4, -0.2) is 18.1 Å². The normalized spacial score (nSPS) is 24.8. The molecule has 0 N–H and O–H groups in total. The van der Waals surface area contributed by atoms with Crippen molar-refractivity contribution in [1.82, 2.24) is 4.98 Å². The Bertz CT molecular complexity index is 574. The summed E-state index contributed by atoms with van der Waals surface area (Å²) in [6, 6.07) is 2.76. The molecule has 1 aromatic rings. The van der Waals surface area contributed by atoms with Crippen molar-refractivity contribution in [2.24, 2.45) is 5.92 Å². The molecule has 0 aliphatic heterocycles. The Balaban J connectivity index is 1.65. The molecule has 25 heavy (non-hydrogen) atoms. The van der Waals surface area contributed by atoms with E-state index in [-0.39, 0.29) is 0 Å². The molecule has 1 aromatic heterocycles. The van der Waals surface area contributed by atoms with Gasteiger partial charge < -0.3 is 9.32 Å². The highest BCUT2D eigenvalue weighted by Gasteiger charge is 2.29. The third kappa shape index (κ3) is 4.37. The van der Waals surface area contributed by atoms with Crippen LogP contribution in [0.15, 0.2) is 4.42 Å². The van der Waals surface area contributed by atoms with E-state index < -0.39 is 0 Å². The van der Waals surface area contributed by atoms with Gasteiger partial charge in [0.25, 0.3) is 0 Å². The summed E-state index contributed by atoms with van der Waals surface area (Å²) in [5.41, 5.74) is 0.483. The Morgan fingerprint density at radius 2 is 1.84 bits per heavy atom. The fourth-order valence-corrected chi connectivity index (χ4v) is 4.64. The molecule has 0 bridgehead atoms. The van der Waals surface area contributed by atoms with Gasteiger partial charge in [-0.2, -0.15) is 5.26 Å². The summed E-state index contributed by atoms with van der Waals surface area (Å²) >= 11 is 0. The van der Waals surface area contributed by atoms with Crippen molar-refractivity contribution in [3.8, 4) is 6.07 Å². The highest BCUT2D eigenvalue weighted by atomic mass is 16.4. The van der Waals surface area contributed by atoms with Crippen LogP contribution in [0.25, 0.3) is 0 Å². The van der Waals surface area contributed by atoms with Crippen LogP contribution in [0.4, 0.5) is 5.88 Å². The molecule has 0 amide bonds. The number of rotatable bonds is 6. The van der Waals surface area contributed by atoms with E-state index in [1.807, 2.05) is 0 Å². The maximum absolute atomic E-state index is 9.52. The third-order valence-electron chi connectivity index (χ3n) is 6.34. The highest BCUT2D eigenvalue weighted by molar-refractivity contribution is 5.48. The van der Waals surface area contributed by atoms with Crippen LogP contribution in [0.3, 0.4) is 0 Å². The molecule has 0 atom stereocenters. The molecule has 2 fully saturated rings. The predicted molar refractivity (Wildman–Crippen MR) is 101 cm³/mol. The number of hydrogen-bond acceptors (Lipinski definition) is 4. The van der Waals surface area contributed by atoms with Gasteiger partial charge in [-0.25, -0.2) is 4.98 Å². The van der Waals surface area contributed by atoms with Crippen molar-refractivity contribution in [3.63, 3.8) is 0 Å². The lowest BCUT2D eigenvalue weighted by Gasteiger charge is -2.31. The van der Waals surface area contributed by atoms with Crippen LogP contribution >= 0.6 is 0 Å². The van der Waals surface area contributed by atoms with Gasteiger partial charge in [0.1, 0.15) is 6.07 Å². The zero-order valence-corrected chi connectivity index (χ0v) is 16.0. The van der Waals surface area contributed by atoms with Gasteiger partial charge in [-0.15, -0.1) is 0 Å². The minimum Gasteiger partial charge on any atom is -0.423 e. The molecule has 2 saturated carbocycles. The highest BCUT2D eigenvalue weighted by Crippen LogP contribution is 2.39. The molecule has 0 aromatic carbocycles. The van der Waals surface area contributed by atoms with E-state index in [4.69, 9.17) is 4.42 Å². The standard InChI is InChI=1S/C21H33N3O/c1-3-4-8-16-11-13-17(14-12-16)20-23-19(15-22)21(25-20)24(2)18-9-6-5-7-10-18/h16-18H,3-14H2,1-2H3. The van der Waals surface area contributed by atoms with Crippen molar-refractivity contribution < 1.29 is 4.42 Å². The molecule has 2 aliphatic rings. The third-order valence-corrected chi connectivity index (χ3v) is 6.34. The van der Waals surface area contributed by atoms with E-state index in [0.29, 0.717) is 23.5 Å². The summed E-state index contributed by atoms with van der Waals surface area (Å²) in [5, 5.41) is 9.52. The smallest absolute Gasteiger partial charge is 0.234 e. The fraction of sp³-hybridized carbons (Fsp3) is 0.810. The van der Waals surface area contributed by atoms with Crippen molar-refractivity contribution in [3.05, 3.63) is 11.6 Å². The Morgan fingerprint density at radius 3 is 2.48 bits per heavy atom. The van der Waals surface area contributed by atoms with E-state index in [1.54, 1.807) is 0 Å². The maximum atomic E-state index is 9.52. The van der Waals surface area contributed by atoms with E-state index >= 15 is 0 Å². The molecule has 0 radical (unpaired) electrons. The summed E-state index contributed by atoms with van der Waals surface area (Å²) in [6.07, 6.45) is 15.2. The zero-order chi connectivity index (χ0) is 17.6. The number of aromatic nitrogens is 1. The lowest BCUT2D eigenvalue weighted by molar-refractivity contribution is 0.276. The predicted octanol–water partition coefficient (Wildman–Crippen LogP) is 5.78. The van der Waals surface area contributed by atoms with Gasteiger partial charge >= 0.3 is 0 Å². The molecular weight excluding hydrogens is 310 g/mol. The van der Waals surface area contributed by atoms with Crippen molar-refractivity contribution in [2.75, 3.05) is 11.9 Å². The summed E-state index contributed by atoms with van der Waals surface area (Å²) in [4.78, 5) is 6.77. The first-order valence-corrected chi connectivity index (χ1v) is 10.4. The summed E-state index contributed by atoms with van der Waals surface area (Å²) < 4.78 is 6.17. The van der Waals surface area contributed by atoms with Crippen LogP contribution in [0.5, 0.6) is 0 Å². The average Bonchev–Trinajstić information content (AvgIpc) is 3.11. The molecule has 0 spiro atoms. The number of nitriles is 1. The molecule has 1 heterocycles. The monoisotopic (exact) mass is 343 g/mol. The van der Waals surface area contributed by atoms with Crippen molar-refractivity contribution in [2.45, 2.75) is 95.9 Å². The van der Waals surface area contributed by atoms with E-state index in [0.717, 1.165) is 24.7 Å². The van der Waals surface area contributed by atoms with Crippen molar-refractivity contribution in [1.29, 1.82) is 5.26 Å². The van der Waals surface area contributed by atoms with Gasteiger partial charge in [-0.1, -0.05) is 45.4 Å². The molecule has 2 aliphatic carbocycles. The minimum atomic E-state index is 0.401. The first-order chi connectivity index (χ1) is 12.2. The molecule has 3 rings (SSSR count). The lowest BCUT2D eigenvalue weighted by atomic mass is 9.80. The zero-order valence-electron chi connectivity index (χ0n) is 16.0. The average molecular weight is 344 g/mol. The van der Waals surface area contributed by atoms with Crippen LogP contribution in [-0.2, 0) is 0 Å². The molecule has 0 unspecified atom stereocenters. The van der Waals surface area contributed by atoms with Gasteiger partial charge in [0, 0.05) is 19.0 Å². The number of anilines is 1. The van der Waals surface area contributed by atoms with Gasteiger partial charge in [0.15, 0.2) is 0 Å². The Kier molecular flexibility index (Phi) is 6.39. The van der Waals surface area contributed by atoms with Crippen LogP contribution < -0.4 is 4.90 Å². The van der Waals surface area contributed by atoms with Gasteiger partial charge in [-0.3, -0.25) is 0 Å². The Labute approximate surface area is 152 Å². The topological polar surface area (TPSA) is 53.1 Å². The number of oxazole rings is 1. The van der Waals surface area contributed by atoms with Crippen molar-refractivity contribution >= 4 is 5.88 Å². The second-order valence-electron chi connectivity index (χ2n) is 8.08. The molecular formula is C21H33N3O. The summed E-state index contributed by atoms with van der Waals surface area (Å²) in [7, 11) is 2.07. The number of hydrogen-bond donors (Lipinski definition) is 0. The summed E-state index contributed by atoms with van der Waals surface area (Å²) in [6.45, 7) is 2.27. The second kappa shape index (κ2) is 8.74. The lowest BCUT2D eigenvalue weighted by Crippen LogP contribution is -2.33. The Hall–Kier alpha value is -1.50. The second-order valence-corrected chi connectivity index (χ2v) is 8.08. The van der Waals surface area contributed by atoms with Gasteiger partial charge in [0.2, 0.25) is 17.5 Å². The Morgan fingerprint density at radius 1 is 1.12 bits per heavy atom.